The summed E-state index contributed by atoms with van der Waals surface area (Å²) in [7, 11) is 0. The smallest absolute Gasteiger partial charge is 0.181 e. The molecule has 0 N–H and O–H groups in total. The van der Waals surface area contributed by atoms with Crippen LogP contribution < -0.4 is 9.47 Å². The van der Waals surface area contributed by atoms with Gasteiger partial charge in [-0.1, -0.05) is 46.4 Å². The number of rotatable bonds is 15. The van der Waals surface area contributed by atoms with E-state index in [1.165, 1.54) is 6.08 Å². The van der Waals surface area contributed by atoms with Crippen LogP contribution in [-0.4, -0.2) is 44.9 Å². The van der Waals surface area contributed by atoms with E-state index in [1.807, 2.05) is 27.7 Å². The minimum Gasteiger partial charge on any atom is -0.490 e. The van der Waals surface area contributed by atoms with Gasteiger partial charge in [0.25, 0.3) is 0 Å². The molecule has 0 aromatic heterocycles. The Hall–Kier alpha value is -0.400. The van der Waals surface area contributed by atoms with Crippen LogP contribution in [0.5, 0.6) is 11.5 Å². The molecule has 1 aromatic carbocycles. The van der Waals surface area contributed by atoms with E-state index in [0.717, 1.165) is 12.8 Å². The fraction of sp³-hybridized carbons (Fsp3) is 0.619. The lowest BCUT2D eigenvalue weighted by molar-refractivity contribution is -0.204. The van der Waals surface area contributed by atoms with Crippen LogP contribution in [0.3, 0.4) is 0 Å². The minimum absolute atomic E-state index is 0.0756. The van der Waals surface area contributed by atoms with Gasteiger partial charge < -0.3 is 23.7 Å². The number of benzene rings is 1. The molecule has 1 rings (SSSR count). The SMILES string of the molecule is CC(C)OC(COCCCCOc1c(Cl)cc(OCC=C(Cl)Cl)cc1Cl)OC(C)C. The molecule has 1 aromatic rings. The predicted octanol–water partition coefficient (Wildman–Crippen LogP) is 7.04. The molecule has 9 heteroatoms. The molecule has 0 heterocycles. The fourth-order valence-corrected chi connectivity index (χ4v) is 3.04. The van der Waals surface area contributed by atoms with Crippen molar-refractivity contribution in [3.63, 3.8) is 0 Å². The Balaban J connectivity index is 2.32. The van der Waals surface area contributed by atoms with Crippen LogP contribution in [0.15, 0.2) is 22.7 Å². The summed E-state index contributed by atoms with van der Waals surface area (Å²) in [5.41, 5.74) is 0. The van der Waals surface area contributed by atoms with Crippen LogP contribution in [0.1, 0.15) is 40.5 Å². The van der Waals surface area contributed by atoms with E-state index in [4.69, 9.17) is 70.1 Å². The third-order valence-corrected chi connectivity index (χ3v) is 4.36. The molecule has 0 aliphatic rings. The predicted molar refractivity (Wildman–Crippen MR) is 124 cm³/mol. The highest BCUT2D eigenvalue weighted by Crippen LogP contribution is 2.37. The van der Waals surface area contributed by atoms with Crippen LogP contribution in [-0.2, 0) is 14.2 Å². The van der Waals surface area contributed by atoms with Gasteiger partial charge in [0.15, 0.2) is 12.0 Å². The zero-order chi connectivity index (χ0) is 22.5. The zero-order valence-electron chi connectivity index (χ0n) is 17.8. The summed E-state index contributed by atoms with van der Waals surface area (Å²) in [6.07, 6.45) is 2.90. The quantitative estimate of drug-likeness (QED) is 0.189. The summed E-state index contributed by atoms with van der Waals surface area (Å²) in [6, 6.07) is 3.26. The van der Waals surface area contributed by atoms with Crippen LogP contribution in [0.2, 0.25) is 10.0 Å². The van der Waals surface area contributed by atoms with E-state index >= 15 is 0 Å². The van der Waals surface area contributed by atoms with Crippen molar-refractivity contribution in [3.8, 4) is 11.5 Å². The van der Waals surface area contributed by atoms with Gasteiger partial charge in [-0.2, -0.15) is 0 Å². The normalized spacial score (nSPS) is 11.4. The lowest BCUT2D eigenvalue weighted by Crippen LogP contribution is -2.29. The Morgan fingerprint density at radius 2 is 1.47 bits per heavy atom. The largest absolute Gasteiger partial charge is 0.490 e. The second-order valence-electron chi connectivity index (χ2n) is 6.95. The van der Waals surface area contributed by atoms with Gasteiger partial charge >= 0.3 is 0 Å². The van der Waals surface area contributed by atoms with Crippen molar-refractivity contribution in [1.29, 1.82) is 0 Å². The zero-order valence-corrected chi connectivity index (χ0v) is 20.8. The molecule has 0 amide bonds. The van der Waals surface area contributed by atoms with E-state index in [-0.39, 0.29) is 29.6 Å². The summed E-state index contributed by atoms with van der Waals surface area (Å²) < 4.78 is 28.4. The Labute approximate surface area is 199 Å². The standard InChI is InChI=1S/C21H30Cl4O5/c1-14(2)29-20(30-15(3)4)13-26-8-5-6-9-28-21-17(22)11-16(12-18(21)23)27-10-7-19(24)25/h7,11-12,14-15,20H,5-6,8-10,13H2,1-4H3. The number of unbranched alkanes of at least 4 members (excludes halogenated alkanes) is 1. The average Bonchev–Trinajstić information content (AvgIpc) is 2.61. The van der Waals surface area contributed by atoms with E-state index < -0.39 is 0 Å². The van der Waals surface area contributed by atoms with Gasteiger partial charge in [-0.15, -0.1) is 0 Å². The molecule has 30 heavy (non-hydrogen) atoms. The highest BCUT2D eigenvalue weighted by atomic mass is 35.5. The van der Waals surface area contributed by atoms with Crippen molar-refractivity contribution in [3.05, 3.63) is 32.7 Å². The number of halogens is 4. The molecule has 0 fully saturated rings. The Morgan fingerprint density at radius 1 is 0.900 bits per heavy atom. The maximum absolute atomic E-state index is 6.25. The Bertz CT molecular complexity index is 615. The van der Waals surface area contributed by atoms with Crippen LogP contribution >= 0.6 is 46.4 Å². The Kier molecular flexibility index (Phi) is 14.2. The average molecular weight is 504 g/mol. The van der Waals surface area contributed by atoms with Gasteiger partial charge in [0.1, 0.15) is 16.8 Å². The first-order valence-corrected chi connectivity index (χ1v) is 11.3. The molecule has 0 unspecified atom stereocenters. The summed E-state index contributed by atoms with van der Waals surface area (Å²) in [4.78, 5) is 0. The van der Waals surface area contributed by atoms with Crippen molar-refractivity contribution in [2.75, 3.05) is 26.4 Å². The summed E-state index contributed by atoms with van der Waals surface area (Å²) in [5.74, 6) is 0.923. The van der Waals surface area contributed by atoms with E-state index in [1.54, 1.807) is 12.1 Å². The van der Waals surface area contributed by atoms with Crippen molar-refractivity contribution in [2.24, 2.45) is 0 Å². The van der Waals surface area contributed by atoms with Gasteiger partial charge in [0, 0.05) is 18.7 Å². The third-order valence-electron chi connectivity index (χ3n) is 3.49. The van der Waals surface area contributed by atoms with Crippen LogP contribution in [0.4, 0.5) is 0 Å². The van der Waals surface area contributed by atoms with Gasteiger partial charge in [0.05, 0.1) is 35.5 Å². The fourth-order valence-electron chi connectivity index (χ4n) is 2.34. The Morgan fingerprint density at radius 3 is 2.00 bits per heavy atom. The van der Waals surface area contributed by atoms with E-state index in [9.17, 15) is 0 Å². The van der Waals surface area contributed by atoms with E-state index in [2.05, 4.69) is 0 Å². The molecule has 0 bridgehead atoms. The molecule has 0 radical (unpaired) electrons. The number of ether oxygens (including phenoxy) is 5. The topological polar surface area (TPSA) is 46.2 Å². The first-order chi connectivity index (χ1) is 14.2. The molecule has 0 saturated carbocycles. The number of hydrogen-bond acceptors (Lipinski definition) is 5. The van der Waals surface area contributed by atoms with Crippen LogP contribution in [0.25, 0.3) is 0 Å². The van der Waals surface area contributed by atoms with Gasteiger partial charge in [-0.3, -0.25) is 0 Å². The molecule has 0 spiro atoms. The molecule has 172 valence electrons. The van der Waals surface area contributed by atoms with Gasteiger partial charge in [-0.05, 0) is 46.6 Å². The number of hydrogen-bond donors (Lipinski definition) is 0. The molecule has 0 saturated heterocycles. The lowest BCUT2D eigenvalue weighted by Gasteiger charge is -2.22. The second kappa shape index (κ2) is 15.4. The summed E-state index contributed by atoms with van der Waals surface area (Å²) in [6.45, 7) is 9.51. The van der Waals surface area contributed by atoms with Gasteiger partial charge in [0.2, 0.25) is 0 Å². The maximum Gasteiger partial charge on any atom is 0.181 e. The maximum atomic E-state index is 6.25. The van der Waals surface area contributed by atoms with E-state index in [0.29, 0.717) is 41.4 Å². The minimum atomic E-state index is -0.365. The molecule has 5 nitrogen and oxygen atoms in total. The molecular weight excluding hydrogens is 474 g/mol. The summed E-state index contributed by atoms with van der Waals surface area (Å²) >= 11 is 23.6. The van der Waals surface area contributed by atoms with Crippen LogP contribution in [0, 0.1) is 0 Å². The molecule has 0 atom stereocenters. The van der Waals surface area contributed by atoms with Crippen molar-refractivity contribution in [1.82, 2.24) is 0 Å². The third kappa shape index (κ3) is 12.5. The van der Waals surface area contributed by atoms with Crippen molar-refractivity contribution >= 4 is 46.4 Å². The van der Waals surface area contributed by atoms with Crippen molar-refractivity contribution < 1.29 is 23.7 Å². The highest BCUT2D eigenvalue weighted by molar-refractivity contribution is 6.55. The first kappa shape index (κ1) is 27.6. The molecule has 0 aliphatic heterocycles. The van der Waals surface area contributed by atoms with Gasteiger partial charge in [-0.25, -0.2) is 0 Å². The summed E-state index contributed by atoms with van der Waals surface area (Å²) in [5, 5.41) is 0.739. The highest BCUT2D eigenvalue weighted by Gasteiger charge is 2.14. The van der Waals surface area contributed by atoms with Crippen molar-refractivity contribution in [2.45, 2.75) is 59.0 Å². The second-order valence-corrected chi connectivity index (χ2v) is 8.77. The molecular formula is C21H30Cl4O5. The molecule has 0 aliphatic carbocycles. The lowest BCUT2D eigenvalue weighted by atomic mass is 10.3. The monoisotopic (exact) mass is 502 g/mol. The first-order valence-electron chi connectivity index (χ1n) is 9.83.